The van der Waals surface area contributed by atoms with Crippen LogP contribution in [0.25, 0.3) is 0 Å². The summed E-state index contributed by atoms with van der Waals surface area (Å²) in [5.41, 5.74) is 0. The summed E-state index contributed by atoms with van der Waals surface area (Å²) in [5, 5.41) is 0. The maximum absolute atomic E-state index is 5.09. The maximum atomic E-state index is 5.09. The van der Waals surface area contributed by atoms with Crippen molar-refractivity contribution in [1.29, 1.82) is 0 Å². The lowest BCUT2D eigenvalue weighted by Crippen LogP contribution is -1.97. The SMILES string of the molecule is CC(C)CCCCn1cc[nH]c1=S. The second kappa shape index (κ2) is 5.22. The van der Waals surface area contributed by atoms with Gasteiger partial charge in [-0.3, -0.25) is 0 Å². The number of nitrogens with one attached hydrogen (secondary N) is 1. The number of H-pyrrole nitrogens is 1. The number of nitrogens with zero attached hydrogens (tertiary/aromatic N) is 1. The van der Waals surface area contributed by atoms with Gasteiger partial charge in [0.1, 0.15) is 0 Å². The van der Waals surface area contributed by atoms with Gasteiger partial charge in [0.25, 0.3) is 0 Å². The van der Waals surface area contributed by atoms with Crippen molar-refractivity contribution in [3.05, 3.63) is 17.2 Å². The Kier molecular flexibility index (Phi) is 4.22. The number of unbranched alkanes of at least 4 members (excludes halogenated alkanes) is 1. The molecule has 1 heterocycles. The molecule has 3 heteroatoms. The summed E-state index contributed by atoms with van der Waals surface area (Å²) in [7, 11) is 0. The summed E-state index contributed by atoms with van der Waals surface area (Å²) in [6, 6.07) is 0. The molecule has 0 atom stereocenters. The molecule has 0 amide bonds. The highest BCUT2D eigenvalue weighted by atomic mass is 32.1. The highest BCUT2D eigenvalue weighted by molar-refractivity contribution is 7.71. The molecule has 0 bridgehead atoms. The molecule has 0 saturated carbocycles. The van der Waals surface area contributed by atoms with Crippen molar-refractivity contribution in [3.8, 4) is 0 Å². The summed E-state index contributed by atoms with van der Waals surface area (Å²) < 4.78 is 2.93. The highest BCUT2D eigenvalue weighted by Crippen LogP contribution is 2.07. The topological polar surface area (TPSA) is 20.7 Å². The Morgan fingerprint density at radius 3 is 2.77 bits per heavy atom. The maximum Gasteiger partial charge on any atom is 0.177 e. The lowest BCUT2D eigenvalue weighted by Gasteiger charge is -2.04. The van der Waals surface area contributed by atoms with Crippen LogP contribution >= 0.6 is 12.2 Å². The van der Waals surface area contributed by atoms with Crippen LogP contribution in [-0.2, 0) is 6.54 Å². The van der Waals surface area contributed by atoms with Gasteiger partial charge in [0, 0.05) is 18.9 Å². The number of aromatic amines is 1. The summed E-state index contributed by atoms with van der Waals surface area (Å²) in [4.78, 5) is 3.00. The Balaban J connectivity index is 2.21. The number of hydrogen-bond acceptors (Lipinski definition) is 1. The predicted molar refractivity (Wildman–Crippen MR) is 58.3 cm³/mol. The van der Waals surface area contributed by atoms with Crippen LogP contribution < -0.4 is 0 Å². The van der Waals surface area contributed by atoms with Crippen LogP contribution in [0.15, 0.2) is 12.4 Å². The molecule has 0 saturated heterocycles. The smallest absolute Gasteiger partial charge is 0.177 e. The standard InChI is InChI=1S/C10H18N2S/c1-9(2)5-3-4-7-12-8-6-11-10(12)13/h6,8-9H,3-5,7H2,1-2H3,(H,11,13). The molecular formula is C10H18N2S. The second-order valence-electron chi connectivity index (χ2n) is 3.85. The summed E-state index contributed by atoms with van der Waals surface area (Å²) in [6.07, 6.45) is 7.75. The third-order valence-corrected chi connectivity index (χ3v) is 2.51. The van der Waals surface area contributed by atoms with Crippen LogP contribution in [0.4, 0.5) is 0 Å². The van der Waals surface area contributed by atoms with Gasteiger partial charge in [0.05, 0.1) is 0 Å². The van der Waals surface area contributed by atoms with Crippen molar-refractivity contribution in [2.24, 2.45) is 5.92 Å². The van der Waals surface area contributed by atoms with E-state index in [4.69, 9.17) is 12.2 Å². The van der Waals surface area contributed by atoms with Crippen LogP contribution in [0.5, 0.6) is 0 Å². The number of imidazole rings is 1. The van der Waals surface area contributed by atoms with E-state index in [0.29, 0.717) is 0 Å². The second-order valence-corrected chi connectivity index (χ2v) is 4.23. The van der Waals surface area contributed by atoms with E-state index in [1.807, 2.05) is 12.4 Å². The van der Waals surface area contributed by atoms with Crippen molar-refractivity contribution < 1.29 is 0 Å². The minimum absolute atomic E-state index is 0.819. The number of rotatable bonds is 5. The quantitative estimate of drug-likeness (QED) is 0.568. The Labute approximate surface area is 85.0 Å². The van der Waals surface area contributed by atoms with E-state index in [2.05, 4.69) is 23.4 Å². The normalized spacial score (nSPS) is 11.0. The molecule has 0 aliphatic carbocycles. The van der Waals surface area contributed by atoms with Gasteiger partial charge in [0.15, 0.2) is 4.77 Å². The summed E-state index contributed by atoms with van der Waals surface area (Å²) >= 11 is 5.09. The van der Waals surface area contributed by atoms with E-state index in [0.717, 1.165) is 17.2 Å². The van der Waals surface area contributed by atoms with Crippen LogP contribution in [0.1, 0.15) is 33.1 Å². The van der Waals surface area contributed by atoms with Gasteiger partial charge < -0.3 is 9.55 Å². The van der Waals surface area contributed by atoms with Crippen molar-refractivity contribution in [2.45, 2.75) is 39.7 Å². The van der Waals surface area contributed by atoms with Crippen molar-refractivity contribution in [1.82, 2.24) is 9.55 Å². The van der Waals surface area contributed by atoms with Crippen LogP contribution in [0.2, 0.25) is 0 Å². The molecule has 1 aromatic heterocycles. The molecule has 0 aliphatic heterocycles. The summed E-state index contributed by atoms with van der Waals surface area (Å²) in [5.74, 6) is 0.819. The Morgan fingerprint density at radius 2 is 2.23 bits per heavy atom. The Morgan fingerprint density at radius 1 is 1.46 bits per heavy atom. The van der Waals surface area contributed by atoms with E-state index >= 15 is 0 Å². The molecule has 0 spiro atoms. The predicted octanol–water partition coefficient (Wildman–Crippen LogP) is 3.37. The first kappa shape index (κ1) is 10.5. The van der Waals surface area contributed by atoms with Gasteiger partial charge in [-0.25, -0.2) is 0 Å². The molecule has 1 N–H and O–H groups in total. The molecule has 13 heavy (non-hydrogen) atoms. The zero-order valence-electron chi connectivity index (χ0n) is 8.42. The first-order valence-electron chi connectivity index (χ1n) is 4.94. The fourth-order valence-corrected chi connectivity index (χ4v) is 1.58. The molecule has 1 rings (SSSR count). The van der Waals surface area contributed by atoms with Crippen molar-refractivity contribution in [2.75, 3.05) is 0 Å². The highest BCUT2D eigenvalue weighted by Gasteiger charge is 1.95. The first-order valence-corrected chi connectivity index (χ1v) is 5.35. The van der Waals surface area contributed by atoms with Crippen LogP contribution in [0, 0.1) is 10.7 Å². The van der Waals surface area contributed by atoms with Crippen LogP contribution in [0.3, 0.4) is 0 Å². The van der Waals surface area contributed by atoms with Gasteiger partial charge in [-0.1, -0.05) is 26.7 Å². The van der Waals surface area contributed by atoms with Gasteiger partial charge in [-0.15, -0.1) is 0 Å². The average Bonchev–Trinajstić information content (AvgIpc) is 2.45. The van der Waals surface area contributed by atoms with E-state index in [1.165, 1.54) is 19.3 Å². The van der Waals surface area contributed by atoms with Gasteiger partial charge in [0.2, 0.25) is 0 Å². The fourth-order valence-electron chi connectivity index (χ4n) is 1.36. The zero-order valence-corrected chi connectivity index (χ0v) is 9.23. The zero-order chi connectivity index (χ0) is 9.68. The molecule has 0 aliphatic rings. The molecule has 0 radical (unpaired) electrons. The van der Waals surface area contributed by atoms with E-state index in [1.54, 1.807) is 0 Å². The van der Waals surface area contributed by atoms with E-state index < -0.39 is 0 Å². The van der Waals surface area contributed by atoms with E-state index in [9.17, 15) is 0 Å². The summed E-state index contributed by atoms with van der Waals surface area (Å²) in [6.45, 7) is 5.58. The molecular weight excluding hydrogens is 180 g/mol. The van der Waals surface area contributed by atoms with E-state index in [-0.39, 0.29) is 0 Å². The van der Waals surface area contributed by atoms with Crippen LogP contribution in [-0.4, -0.2) is 9.55 Å². The number of aryl methyl sites for hydroxylation is 1. The third-order valence-electron chi connectivity index (χ3n) is 2.15. The minimum atomic E-state index is 0.819. The monoisotopic (exact) mass is 198 g/mol. The molecule has 0 fully saturated rings. The Bertz CT molecular complexity index is 285. The molecule has 74 valence electrons. The molecule has 0 aromatic carbocycles. The van der Waals surface area contributed by atoms with Gasteiger partial charge >= 0.3 is 0 Å². The largest absolute Gasteiger partial charge is 0.337 e. The number of aromatic nitrogens is 2. The third kappa shape index (κ3) is 3.77. The van der Waals surface area contributed by atoms with Gasteiger partial charge in [-0.05, 0) is 24.6 Å². The fraction of sp³-hybridized carbons (Fsp3) is 0.700. The van der Waals surface area contributed by atoms with Crippen molar-refractivity contribution in [3.63, 3.8) is 0 Å². The first-order chi connectivity index (χ1) is 6.20. The molecule has 0 unspecified atom stereocenters. The van der Waals surface area contributed by atoms with Gasteiger partial charge in [-0.2, -0.15) is 0 Å². The molecule has 1 aromatic rings. The Hall–Kier alpha value is -0.570. The lowest BCUT2D eigenvalue weighted by molar-refractivity contribution is 0.507. The van der Waals surface area contributed by atoms with Crippen molar-refractivity contribution >= 4 is 12.2 Å². The minimum Gasteiger partial charge on any atom is -0.337 e. The molecule has 2 nitrogen and oxygen atoms in total. The number of hydrogen-bond donors (Lipinski definition) is 1. The lowest BCUT2D eigenvalue weighted by atomic mass is 10.1. The average molecular weight is 198 g/mol.